The van der Waals surface area contributed by atoms with Gasteiger partial charge in [-0.1, -0.05) is 13.0 Å². The smallest absolute Gasteiger partial charge is 0.251 e. The Bertz CT molecular complexity index is 834. The van der Waals surface area contributed by atoms with E-state index in [1.807, 2.05) is 13.8 Å². The fourth-order valence-corrected chi connectivity index (χ4v) is 2.42. The van der Waals surface area contributed by atoms with Gasteiger partial charge >= 0.3 is 0 Å². The van der Waals surface area contributed by atoms with E-state index in [1.165, 1.54) is 0 Å². The molecule has 2 rings (SSSR count). The molecular formula is C21H26N4O3. The van der Waals surface area contributed by atoms with Crippen molar-refractivity contribution in [2.45, 2.75) is 26.3 Å². The van der Waals surface area contributed by atoms with Gasteiger partial charge in [-0.05, 0) is 55.8 Å². The Kier molecular flexibility index (Phi) is 7.56. The van der Waals surface area contributed by atoms with Crippen LogP contribution in [0.25, 0.3) is 0 Å². The molecule has 2 aromatic rings. The number of anilines is 2. The molecule has 0 radical (unpaired) electrons. The highest BCUT2D eigenvalue weighted by Gasteiger charge is 2.09. The molecule has 7 heteroatoms. The highest BCUT2D eigenvalue weighted by molar-refractivity contribution is 5.97. The summed E-state index contributed by atoms with van der Waals surface area (Å²) in [5, 5.41) is 11.2. The molecule has 148 valence electrons. The SMILES string of the molecule is CCC(C)NC(=O)c1ccc(NC(=O)CNc2cccc(C(=O)NC)c2)cc1. The fraction of sp³-hybridized carbons (Fsp3) is 0.286. The topological polar surface area (TPSA) is 99.3 Å². The summed E-state index contributed by atoms with van der Waals surface area (Å²) in [6.07, 6.45) is 0.860. The maximum atomic E-state index is 12.1. The molecule has 0 saturated heterocycles. The van der Waals surface area contributed by atoms with Crippen LogP contribution >= 0.6 is 0 Å². The molecule has 0 aliphatic rings. The van der Waals surface area contributed by atoms with Gasteiger partial charge in [-0.15, -0.1) is 0 Å². The maximum Gasteiger partial charge on any atom is 0.251 e. The lowest BCUT2D eigenvalue weighted by Gasteiger charge is -2.12. The summed E-state index contributed by atoms with van der Waals surface area (Å²) < 4.78 is 0. The molecule has 0 bridgehead atoms. The summed E-state index contributed by atoms with van der Waals surface area (Å²) in [5.41, 5.74) is 2.33. The lowest BCUT2D eigenvalue weighted by Crippen LogP contribution is -2.31. The van der Waals surface area contributed by atoms with Crippen molar-refractivity contribution in [3.63, 3.8) is 0 Å². The van der Waals surface area contributed by atoms with Crippen LogP contribution in [-0.4, -0.2) is 37.4 Å². The van der Waals surface area contributed by atoms with Gasteiger partial charge in [0.05, 0.1) is 6.54 Å². The van der Waals surface area contributed by atoms with Crippen LogP contribution in [0.4, 0.5) is 11.4 Å². The third kappa shape index (κ3) is 6.12. The molecule has 7 nitrogen and oxygen atoms in total. The quantitative estimate of drug-likeness (QED) is 0.564. The fourth-order valence-electron chi connectivity index (χ4n) is 2.42. The van der Waals surface area contributed by atoms with Gasteiger partial charge in [0, 0.05) is 35.6 Å². The Labute approximate surface area is 164 Å². The summed E-state index contributed by atoms with van der Waals surface area (Å²) in [6, 6.07) is 13.7. The molecule has 0 spiro atoms. The van der Waals surface area contributed by atoms with Gasteiger partial charge in [0.2, 0.25) is 5.91 Å². The summed E-state index contributed by atoms with van der Waals surface area (Å²) in [5.74, 6) is -0.558. The molecule has 28 heavy (non-hydrogen) atoms. The lowest BCUT2D eigenvalue weighted by atomic mass is 10.1. The van der Waals surface area contributed by atoms with Crippen LogP contribution < -0.4 is 21.3 Å². The third-order valence-corrected chi connectivity index (χ3v) is 4.23. The average molecular weight is 382 g/mol. The summed E-state index contributed by atoms with van der Waals surface area (Å²) in [6.45, 7) is 4.00. The number of hydrogen-bond acceptors (Lipinski definition) is 4. The van der Waals surface area contributed by atoms with Crippen LogP contribution in [0.2, 0.25) is 0 Å². The summed E-state index contributed by atoms with van der Waals surface area (Å²) in [7, 11) is 1.56. The van der Waals surface area contributed by atoms with Crippen molar-refractivity contribution in [2.24, 2.45) is 0 Å². The molecule has 3 amide bonds. The van der Waals surface area contributed by atoms with Gasteiger partial charge in [-0.3, -0.25) is 14.4 Å². The number of carbonyl (C=O) groups is 3. The van der Waals surface area contributed by atoms with E-state index in [0.717, 1.165) is 6.42 Å². The van der Waals surface area contributed by atoms with Crippen molar-refractivity contribution < 1.29 is 14.4 Å². The zero-order valence-corrected chi connectivity index (χ0v) is 16.3. The number of hydrogen-bond donors (Lipinski definition) is 4. The van der Waals surface area contributed by atoms with E-state index in [4.69, 9.17) is 0 Å². The highest BCUT2D eigenvalue weighted by atomic mass is 16.2. The Hall–Kier alpha value is -3.35. The van der Waals surface area contributed by atoms with E-state index < -0.39 is 0 Å². The molecule has 4 N–H and O–H groups in total. The molecule has 0 aliphatic heterocycles. The van der Waals surface area contributed by atoms with Crippen molar-refractivity contribution in [1.29, 1.82) is 0 Å². The number of nitrogens with one attached hydrogen (secondary N) is 4. The minimum atomic E-state index is -0.234. The minimum Gasteiger partial charge on any atom is -0.376 e. The van der Waals surface area contributed by atoms with Gasteiger partial charge < -0.3 is 21.3 Å². The van der Waals surface area contributed by atoms with Crippen molar-refractivity contribution in [1.82, 2.24) is 10.6 Å². The van der Waals surface area contributed by atoms with Crippen molar-refractivity contribution in [3.8, 4) is 0 Å². The number of rotatable bonds is 8. The minimum absolute atomic E-state index is 0.0491. The van der Waals surface area contributed by atoms with E-state index in [2.05, 4.69) is 21.3 Å². The second kappa shape index (κ2) is 10.1. The monoisotopic (exact) mass is 382 g/mol. The first-order valence-corrected chi connectivity index (χ1v) is 9.19. The van der Waals surface area contributed by atoms with E-state index >= 15 is 0 Å². The van der Waals surface area contributed by atoms with Gasteiger partial charge in [0.15, 0.2) is 0 Å². The Morgan fingerprint density at radius 2 is 1.64 bits per heavy atom. The second-order valence-corrected chi connectivity index (χ2v) is 6.42. The molecule has 0 fully saturated rings. The van der Waals surface area contributed by atoms with Crippen molar-refractivity contribution in [2.75, 3.05) is 24.2 Å². The van der Waals surface area contributed by atoms with Gasteiger partial charge in [-0.2, -0.15) is 0 Å². The molecule has 2 aromatic carbocycles. The van der Waals surface area contributed by atoms with Crippen LogP contribution in [0.5, 0.6) is 0 Å². The predicted octanol–water partition coefficient (Wildman–Crippen LogP) is 2.63. The number of amides is 3. The summed E-state index contributed by atoms with van der Waals surface area (Å²) >= 11 is 0. The predicted molar refractivity (Wildman–Crippen MR) is 111 cm³/mol. The number of benzene rings is 2. The molecule has 0 aliphatic carbocycles. The molecular weight excluding hydrogens is 356 g/mol. The lowest BCUT2D eigenvalue weighted by molar-refractivity contribution is -0.114. The van der Waals surface area contributed by atoms with Crippen LogP contribution in [-0.2, 0) is 4.79 Å². The largest absolute Gasteiger partial charge is 0.376 e. The van der Waals surface area contributed by atoms with Gasteiger partial charge in [0.1, 0.15) is 0 Å². The first-order valence-electron chi connectivity index (χ1n) is 9.19. The normalized spacial score (nSPS) is 11.2. The Balaban J connectivity index is 1.88. The Morgan fingerprint density at radius 1 is 0.929 bits per heavy atom. The van der Waals surface area contributed by atoms with Crippen molar-refractivity contribution >= 4 is 29.1 Å². The summed E-state index contributed by atoms with van der Waals surface area (Å²) in [4.78, 5) is 35.8. The first kappa shape index (κ1) is 21.0. The maximum absolute atomic E-state index is 12.1. The first-order chi connectivity index (χ1) is 13.4. The van der Waals surface area contributed by atoms with E-state index in [9.17, 15) is 14.4 Å². The molecule has 0 aromatic heterocycles. The second-order valence-electron chi connectivity index (χ2n) is 6.42. The molecule has 0 heterocycles. The Morgan fingerprint density at radius 3 is 2.29 bits per heavy atom. The highest BCUT2D eigenvalue weighted by Crippen LogP contribution is 2.12. The standard InChI is InChI=1S/C21H26N4O3/c1-4-14(2)24-21(28)15-8-10-17(11-9-15)25-19(26)13-23-18-7-5-6-16(12-18)20(27)22-3/h5-12,14,23H,4,13H2,1-3H3,(H,22,27)(H,24,28)(H,25,26). The van der Waals surface area contributed by atoms with Crippen LogP contribution in [0, 0.1) is 0 Å². The van der Waals surface area contributed by atoms with Crippen molar-refractivity contribution in [3.05, 3.63) is 59.7 Å². The molecule has 1 unspecified atom stereocenters. The van der Waals surface area contributed by atoms with Gasteiger partial charge in [0.25, 0.3) is 11.8 Å². The zero-order valence-electron chi connectivity index (χ0n) is 16.3. The molecule has 0 saturated carbocycles. The van der Waals surface area contributed by atoms with E-state index in [-0.39, 0.29) is 30.3 Å². The average Bonchev–Trinajstić information content (AvgIpc) is 2.72. The zero-order chi connectivity index (χ0) is 20.5. The number of carbonyl (C=O) groups excluding carboxylic acids is 3. The molecule has 1 atom stereocenters. The van der Waals surface area contributed by atoms with Crippen LogP contribution in [0.15, 0.2) is 48.5 Å². The van der Waals surface area contributed by atoms with Gasteiger partial charge in [-0.25, -0.2) is 0 Å². The third-order valence-electron chi connectivity index (χ3n) is 4.23. The van der Waals surface area contributed by atoms with E-state index in [1.54, 1.807) is 55.6 Å². The van der Waals surface area contributed by atoms with Crippen LogP contribution in [0.1, 0.15) is 41.0 Å². The van der Waals surface area contributed by atoms with Crippen LogP contribution in [0.3, 0.4) is 0 Å². The van der Waals surface area contributed by atoms with E-state index in [0.29, 0.717) is 22.5 Å².